The molecule has 0 aliphatic rings. The number of phosphoric acid groups is 1. The van der Waals surface area contributed by atoms with Crippen LogP contribution in [0, 0.1) is 0 Å². The van der Waals surface area contributed by atoms with Gasteiger partial charge in [0.25, 0.3) is 0 Å². The quantitative estimate of drug-likeness (QED) is 0.0233. The maximum Gasteiger partial charge on any atom is 0.472 e. The minimum absolute atomic E-state index is 0.0412. The molecule has 0 aromatic heterocycles. The van der Waals surface area contributed by atoms with Gasteiger partial charge in [0.15, 0.2) is 0 Å². The molecule has 3 N–H and O–H groups in total. The van der Waals surface area contributed by atoms with Crippen LogP contribution in [0.25, 0.3) is 0 Å². The molecule has 11 heteroatoms. The van der Waals surface area contributed by atoms with Gasteiger partial charge in [-0.3, -0.25) is 18.6 Å². The average Bonchev–Trinajstić information content (AvgIpc) is 3.26. The number of esters is 2. The van der Waals surface area contributed by atoms with Crippen molar-refractivity contribution in [1.82, 2.24) is 0 Å². The smallest absolute Gasteiger partial charge is 0.457 e. The largest absolute Gasteiger partial charge is 0.472 e. The Balaban J connectivity index is 3.87. The number of carbonyl (C=O) groups is 2. The molecule has 3 atom stereocenters. The number of aliphatic hydroxyl groups excluding tert-OH is 2. The summed E-state index contributed by atoms with van der Waals surface area (Å²) >= 11 is 0. The monoisotopic (exact) mass is 895 g/mol. The Hall–Kier alpha value is -2.33. The van der Waals surface area contributed by atoms with E-state index in [1.54, 1.807) is 6.08 Å². The fourth-order valence-electron chi connectivity index (χ4n) is 6.78. The number of unbranched alkanes of at least 4 members (excludes halogenated alkanes) is 23. The molecular weight excluding hydrogens is 804 g/mol. The first-order valence-electron chi connectivity index (χ1n) is 24.7. The molecule has 3 unspecified atom stereocenters. The van der Waals surface area contributed by atoms with Crippen LogP contribution in [-0.2, 0) is 32.7 Å². The Labute approximate surface area is 378 Å². The van der Waals surface area contributed by atoms with E-state index in [1.807, 2.05) is 18.2 Å². The van der Waals surface area contributed by atoms with Crippen molar-refractivity contribution in [3.05, 3.63) is 60.8 Å². The van der Waals surface area contributed by atoms with Gasteiger partial charge in [0.05, 0.1) is 32.8 Å². The van der Waals surface area contributed by atoms with E-state index < -0.39 is 58.4 Å². The zero-order valence-corrected chi connectivity index (χ0v) is 40.2. The molecule has 0 aliphatic heterocycles. The molecule has 0 spiro atoms. The van der Waals surface area contributed by atoms with Gasteiger partial charge < -0.3 is 24.6 Å². The normalized spacial score (nSPS) is 14.2. The van der Waals surface area contributed by atoms with Gasteiger partial charge in [-0.25, -0.2) is 4.57 Å². The van der Waals surface area contributed by atoms with Crippen LogP contribution < -0.4 is 0 Å². The molecule has 0 aromatic carbocycles. The minimum Gasteiger partial charge on any atom is -0.457 e. The van der Waals surface area contributed by atoms with Gasteiger partial charge in [-0.05, 0) is 38.5 Å². The van der Waals surface area contributed by atoms with E-state index in [0.29, 0.717) is 12.8 Å². The Bertz CT molecular complexity index is 1210. The number of rotatable bonds is 46. The Kier molecular flexibility index (Phi) is 44.9. The summed E-state index contributed by atoms with van der Waals surface area (Å²) in [5, 5.41) is 19.2. The van der Waals surface area contributed by atoms with Crippen molar-refractivity contribution in [3.63, 3.8) is 0 Å². The lowest BCUT2D eigenvalue weighted by molar-refractivity contribution is -0.153. The van der Waals surface area contributed by atoms with Gasteiger partial charge in [-0.1, -0.05) is 222 Å². The molecule has 0 rings (SSSR count). The summed E-state index contributed by atoms with van der Waals surface area (Å²) in [5.74, 6) is -1.15. The van der Waals surface area contributed by atoms with Gasteiger partial charge in [0.2, 0.25) is 0 Å². The first-order chi connectivity index (χ1) is 30.3. The molecule has 360 valence electrons. The Morgan fingerprint density at radius 3 is 1.10 bits per heavy atom. The highest BCUT2D eigenvalue weighted by atomic mass is 31.2. The number of allylic oxidation sites excluding steroid dienone is 9. The van der Waals surface area contributed by atoms with Crippen molar-refractivity contribution in [1.29, 1.82) is 0 Å². The van der Waals surface area contributed by atoms with E-state index in [2.05, 4.69) is 50.3 Å². The van der Waals surface area contributed by atoms with Crippen LogP contribution in [0.15, 0.2) is 60.8 Å². The summed E-state index contributed by atoms with van der Waals surface area (Å²) in [6.45, 7) is 2.01. The van der Waals surface area contributed by atoms with E-state index in [0.717, 1.165) is 44.9 Å². The van der Waals surface area contributed by atoms with Gasteiger partial charge in [0, 0.05) is 6.42 Å². The predicted octanol–water partition coefficient (Wildman–Crippen LogP) is 13.8. The van der Waals surface area contributed by atoms with Crippen molar-refractivity contribution in [2.45, 2.75) is 225 Å². The molecule has 62 heavy (non-hydrogen) atoms. The number of hydrogen-bond acceptors (Lipinski definition) is 9. The average molecular weight is 895 g/mol. The highest BCUT2D eigenvalue weighted by molar-refractivity contribution is 7.47. The lowest BCUT2D eigenvalue weighted by Crippen LogP contribution is -2.28. The summed E-state index contributed by atoms with van der Waals surface area (Å²) in [6.07, 6.45) is 53.8. The summed E-state index contributed by atoms with van der Waals surface area (Å²) in [6, 6.07) is 0. The molecule has 0 bridgehead atoms. The van der Waals surface area contributed by atoms with Crippen LogP contribution >= 0.6 is 7.82 Å². The number of hydrogen-bond donors (Lipinski definition) is 3. The maximum absolute atomic E-state index is 12.4. The SMILES string of the molecule is CC/C=C\C/C=C\C/C=C\C/C=C\C/C=C\CC(=O)OC(CO)COP(=O)(O)OCC(CO)OC(=O)CCCCCCCCCCCCCCCCCCCCCCCCCC. The van der Waals surface area contributed by atoms with Gasteiger partial charge in [0.1, 0.15) is 12.2 Å². The molecule has 0 radical (unpaired) electrons. The standard InChI is InChI=1S/C51H91O10P/c1-3-5-7-9-11-13-15-17-19-20-21-22-23-24-25-26-27-29-31-33-35-37-39-41-43-51(55)61-49(45-53)47-59-62(56,57)58-46-48(44-52)60-50(54)42-40-38-36-34-32-30-28-18-16-14-12-10-8-6-4-2/h6,8,12,14,18,28,32,34,38,40,48-49,52-53H,3-5,7,9-11,13,15-17,19-27,29-31,33,35-37,39,41-47H2,1-2H3,(H,56,57)/b8-6-,14-12-,28-18-,34-32-,40-38-. The van der Waals surface area contributed by atoms with Crippen LogP contribution in [0.2, 0.25) is 0 Å². The second-order valence-corrected chi connectivity index (χ2v) is 17.9. The predicted molar refractivity (Wildman–Crippen MR) is 256 cm³/mol. The first-order valence-corrected chi connectivity index (χ1v) is 26.2. The molecule has 0 saturated carbocycles. The molecular formula is C51H91O10P. The van der Waals surface area contributed by atoms with Gasteiger partial charge >= 0.3 is 19.8 Å². The lowest BCUT2D eigenvalue weighted by Gasteiger charge is -2.20. The third-order valence-corrected chi connectivity index (χ3v) is 11.5. The van der Waals surface area contributed by atoms with Crippen LogP contribution in [0.3, 0.4) is 0 Å². The van der Waals surface area contributed by atoms with Crippen molar-refractivity contribution in [3.8, 4) is 0 Å². The fraction of sp³-hybridized carbons (Fsp3) is 0.765. The number of carbonyl (C=O) groups excluding carboxylic acids is 2. The highest BCUT2D eigenvalue weighted by Crippen LogP contribution is 2.43. The summed E-state index contributed by atoms with van der Waals surface area (Å²) in [5.41, 5.74) is 0. The molecule has 0 amide bonds. The molecule has 0 aliphatic carbocycles. The van der Waals surface area contributed by atoms with Crippen molar-refractivity contribution in [2.24, 2.45) is 0 Å². The van der Waals surface area contributed by atoms with E-state index >= 15 is 0 Å². The topological polar surface area (TPSA) is 149 Å². The number of aliphatic hydroxyl groups is 2. The van der Waals surface area contributed by atoms with Crippen LogP contribution in [0.4, 0.5) is 0 Å². The third-order valence-electron chi connectivity index (χ3n) is 10.5. The van der Waals surface area contributed by atoms with Gasteiger partial charge in [-0.2, -0.15) is 0 Å². The van der Waals surface area contributed by atoms with Gasteiger partial charge in [-0.15, -0.1) is 0 Å². The lowest BCUT2D eigenvalue weighted by atomic mass is 10.0. The Morgan fingerprint density at radius 1 is 0.452 bits per heavy atom. The Morgan fingerprint density at radius 2 is 0.758 bits per heavy atom. The molecule has 0 saturated heterocycles. The van der Waals surface area contributed by atoms with E-state index in [1.165, 1.54) is 128 Å². The molecule has 10 nitrogen and oxygen atoms in total. The van der Waals surface area contributed by atoms with Crippen molar-refractivity contribution < 1.29 is 47.8 Å². The summed E-state index contributed by atoms with van der Waals surface area (Å²) in [4.78, 5) is 34.5. The number of ether oxygens (including phenoxy) is 2. The second-order valence-electron chi connectivity index (χ2n) is 16.4. The van der Waals surface area contributed by atoms with Crippen LogP contribution in [0.5, 0.6) is 0 Å². The van der Waals surface area contributed by atoms with Crippen LogP contribution in [0.1, 0.15) is 213 Å². The summed E-state index contributed by atoms with van der Waals surface area (Å²) in [7, 11) is -4.67. The van der Waals surface area contributed by atoms with Crippen molar-refractivity contribution >= 4 is 19.8 Å². The summed E-state index contributed by atoms with van der Waals surface area (Å²) < 4.78 is 32.5. The molecule has 0 fully saturated rings. The fourth-order valence-corrected chi connectivity index (χ4v) is 7.56. The highest BCUT2D eigenvalue weighted by Gasteiger charge is 2.27. The van der Waals surface area contributed by atoms with Crippen LogP contribution in [-0.4, -0.2) is 65.7 Å². The first kappa shape index (κ1) is 59.7. The van der Waals surface area contributed by atoms with Crippen molar-refractivity contribution in [2.75, 3.05) is 26.4 Å². The zero-order chi connectivity index (χ0) is 45.5. The van der Waals surface area contributed by atoms with E-state index in [-0.39, 0.29) is 12.8 Å². The molecule has 0 heterocycles. The second kappa shape index (κ2) is 46.7. The third kappa shape index (κ3) is 44.3. The molecule has 0 aromatic rings. The van der Waals surface area contributed by atoms with E-state index in [4.69, 9.17) is 18.5 Å². The minimum atomic E-state index is -4.67. The maximum atomic E-state index is 12.4. The number of phosphoric ester groups is 1. The van der Waals surface area contributed by atoms with E-state index in [9.17, 15) is 29.3 Å². The zero-order valence-electron chi connectivity index (χ0n) is 39.3.